The van der Waals surface area contributed by atoms with Crippen LogP contribution in [-0.4, -0.2) is 23.0 Å². The summed E-state index contributed by atoms with van der Waals surface area (Å²) in [5.41, 5.74) is 1.05. The molecule has 110 valence electrons. The predicted octanol–water partition coefficient (Wildman–Crippen LogP) is 1.41. The van der Waals surface area contributed by atoms with Gasteiger partial charge in [-0.1, -0.05) is 12.1 Å². The highest BCUT2D eigenvalue weighted by Crippen LogP contribution is 2.04. The van der Waals surface area contributed by atoms with Crippen LogP contribution in [0.2, 0.25) is 0 Å². The monoisotopic (exact) mass is 287 g/mol. The Morgan fingerprint density at radius 3 is 2.43 bits per heavy atom. The summed E-state index contributed by atoms with van der Waals surface area (Å²) in [6.07, 6.45) is 1.35. The molecule has 0 atom stereocenters. The molecule has 0 saturated carbocycles. The Kier molecular flexibility index (Phi) is 5.96. The third-order valence-electron chi connectivity index (χ3n) is 2.54. The molecule has 0 heterocycles. The Morgan fingerprint density at radius 1 is 1.33 bits per heavy atom. The number of carbonyl (C=O) groups is 2. The van der Waals surface area contributed by atoms with Gasteiger partial charge in [0.05, 0.1) is 5.56 Å². The smallest absolute Gasteiger partial charge is 0.335 e. The quantitative estimate of drug-likeness (QED) is 0.542. The van der Waals surface area contributed by atoms with E-state index < -0.39 is 11.9 Å². The van der Waals surface area contributed by atoms with Gasteiger partial charge in [0.2, 0.25) is 0 Å². The highest BCUT2D eigenvalue weighted by Gasteiger charge is 2.09. The molecular weight excluding hydrogens is 270 g/mol. The van der Waals surface area contributed by atoms with Gasteiger partial charge in [-0.15, -0.1) is 0 Å². The van der Waals surface area contributed by atoms with Crippen LogP contribution in [0.15, 0.2) is 36.0 Å². The van der Waals surface area contributed by atoms with Crippen LogP contribution in [0, 0.1) is 11.3 Å². The molecule has 0 aliphatic rings. The first-order valence-electron chi connectivity index (χ1n) is 6.40. The normalized spacial score (nSPS) is 10.9. The number of benzene rings is 1. The Hall–Kier alpha value is -2.81. The summed E-state index contributed by atoms with van der Waals surface area (Å²) in [6, 6.07) is 8.12. The van der Waals surface area contributed by atoms with Crippen LogP contribution in [0.5, 0.6) is 0 Å². The van der Waals surface area contributed by atoms with E-state index in [0.29, 0.717) is 6.54 Å². The van der Waals surface area contributed by atoms with E-state index in [9.17, 15) is 9.59 Å². The first-order chi connectivity index (χ1) is 9.93. The van der Waals surface area contributed by atoms with Crippen LogP contribution >= 0.6 is 0 Å². The largest absolute Gasteiger partial charge is 0.478 e. The molecule has 0 fully saturated rings. The Morgan fingerprint density at radius 2 is 1.95 bits per heavy atom. The van der Waals surface area contributed by atoms with Gasteiger partial charge in [0, 0.05) is 18.8 Å². The van der Waals surface area contributed by atoms with E-state index in [1.165, 1.54) is 18.3 Å². The maximum absolute atomic E-state index is 11.6. The summed E-state index contributed by atoms with van der Waals surface area (Å²) in [6.45, 7) is 4.01. The number of aromatic carboxylic acids is 1. The van der Waals surface area contributed by atoms with Crippen molar-refractivity contribution in [2.45, 2.75) is 26.4 Å². The van der Waals surface area contributed by atoms with E-state index in [2.05, 4.69) is 10.6 Å². The van der Waals surface area contributed by atoms with E-state index in [1.54, 1.807) is 12.1 Å². The average Bonchev–Trinajstić information content (AvgIpc) is 2.43. The summed E-state index contributed by atoms with van der Waals surface area (Å²) in [5.74, 6) is -1.41. The van der Waals surface area contributed by atoms with Crippen molar-refractivity contribution in [2.24, 2.45) is 0 Å². The van der Waals surface area contributed by atoms with Gasteiger partial charge in [-0.3, -0.25) is 4.79 Å². The molecule has 6 heteroatoms. The molecule has 0 bridgehead atoms. The molecule has 21 heavy (non-hydrogen) atoms. The third-order valence-corrected chi connectivity index (χ3v) is 2.54. The van der Waals surface area contributed by atoms with Crippen LogP contribution in [0.1, 0.15) is 29.8 Å². The molecule has 0 unspecified atom stereocenters. The standard InChI is InChI=1S/C15H17N3O3/c1-10(2)18-14(19)13(7-16)9-17-8-11-3-5-12(6-4-11)15(20)21/h3-6,9-10,17H,8H2,1-2H3,(H,18,19)(H,20,21)/b13-9-. The van der Waals surface area contributed by atoms with E-state index >= 15 is 0 Å². The lowest BCUT2D eigenvalue weighted by molar-refractivity contribution is -0.117. The molecule has 6 nitrogen and oxygen atoms in total. The topological polar surface area (TPSA) is 102 Å². The molecule has 0 aliphatic heterocycles. The SMILES string of the molecule is CC(C)NC(=O)/C(C#N)=C\NCc1ccc(C(=O)O)cc1. The summed E-state index contributed by atoms with van der Waals surface area (Å²) >= 11 is 0. The number of nitrogens with one attached hydrogen (secondary N) is 2. The number of hydrogen-bond acceptors (Lipinski definition) is 4. The summed E-state index contributed by atoms with van der Waals surface area (Å²) in [4.78, 5) is 22.4. The molecule has 0 saturated heterocycles. The molecule has 1 amide bonds. The second kappa shape index (κ2) is 7.70. The number of carboxylic acids is 1. The molecule has 0 radical (unpaired) electrons. The van der Waals surface area contributed by atoms with Crippen LogP contribution in [0.25, 0.3) is 0 Å². The van der Waals surface area contributed by atoms with Gasteiger partial charge in [-0.05, 0) is 31.5 Å². The number of nitriles is 1. The number of carbonyl (C=O) groups excluding carboxylic acids is 1. The Labute approximate surface area is 123 Å². The first-order valence-corrected chi connectivity index (χ1v) is 6.40. The molecule has 0 spiro atoms. The number of carboxylic acid groups (broad SMARTS) is 1. The zero-order chi connectivity index (χ0) is 15.8. The minimum atomic E-state index is -0.980. The number of hydrogen-bond donors (Lipinski definition) is 3. The van der Waals surface area contributed by atoms with Gasteiger partial charge < -0.3 is 15.7 Å². The van der Waals surface area contributed by atoms with Crippen LogP contribution < -0.4 is 10.6 Å². The second-order valence-corrected chi connectivity index (χ2v) is 4.68. The first kappa shape index (κ1) is 16.2. The van der Waals surface area contributed by atoms with Crippen molar-refractivity contribution in [3.8, 4) is 6.07 Å². The zero-order valence-corrected chi connectivity index (χ0v) is 11.9. The molecule has 1 aromatic rings. The Bertz CT molecular complexity index is 583. The van der Waals surface area contributed by atoms with Gasteiger partial charge in [0.15, 0.2) is 0 Å². The van der Waals surface area contributed by atoms with Crippen molar-refractivity contribution in [3.63, 3.8) is 0 Å². The molecular formula is C15H17N3O3. The highest BCUT2D eigenvalue weighted by atomic mass is 16.4. The van der Waals surface area contributed by atoms with E-state index in [0.717, 1.165) is 5.56 Å². The number of rotatable bonds is 6. The average molecular weight is 287 g/mol. The van der Waals surface area contributed by atoms with Crippen molar-refractivity contribution >= 4 is 11.9 Å². The van der Waals surface area contributed by atoms with Crippen molar-refractivity contribution in [1.29, 1.82) is 5.26 Å². The lowest BCUT2D eigenvalue weighted by Crippen LogP contribution is -2.31. The zero-order valence-electron chi connectivity index (χ0n) is 11.9. The number of amides is 1. The van der Waals surface area contributed by atoms with Gasteiger partial charge in [0.1, 0.15) is 11.6 Å². The lowest BCUT2D eigenvalue weighted by atomic mass is 10.1. The van der Waals surface area contributed by atoms with Crippen molar-refractivity contribution in [2.75, 3.05) is 0 Å². The van der Waals surface area contributed by atoms with Crippen molar-refractivity contribution in [1.82, 2.24) is 10.6 Å². The molecule has 0 aliphatic carbocycles. The van der Waals surface area contributed by atoms with Gasteiger partial charge in [0.25, 0.3) is 5.91 Å². The third kappa shape index (κ3) is 5.37. The van der Waals surface area contributed by atoms with Gasteiger partial charge in [-0.2, -0.15) is 5.26 Å². The molecule has 0 aromatic heterocycles. The number of nitrogens with zero attached hydrogens (tertiary/aromatic N) is 1. The van der Waals surface area contributed by atoms with Crippen LogP contribution in [-0.2, 0) is 11.3 Å². The predicted molar refractivity (Wildman–Crippen MR) is 77.2 cm³/mol. The Balaban J connectivity index is 2.61. The van der Waals surface area contributed by atoms with Crippen LogP contribution in [0.4, 0.5) is 0 Å². The van der Waals surface area contributed by atoms with Crippen molar-refractivity contribution in [3.05, 3.63) is 47.2 Å². The fourth-order valence-electron chi connectivity index (χ4n) is 1.52. The lowest BCUT2D eigenvalue weighted by Gasteiger charge is -2.07. The summed E-state index contributed by atoms with van der Waals surface area (Å²) < 4.78 is 0. The summed E-state index contributed by atoms with van der Waals surface area (Å²) in [7, 11) is 0. The van der Waals surface area contributed by atoms with E-state index in [-0.39, 0.29) is 17.2 Å². The fourth-order valence-corrected chi connectivity index (χ4v) is 1.52. The fraction of sp³-hybridized carbons (Fsp3) is 0.267. The van der Waals surface area contributed by atoms with E-state index in [4.69, 9.17) is 10.4 Å². The van der Waals surface area contributed by atoms with Gasteiger partial charge >= 0.3 is 5.97 Å². The minimum absolute atomic E-state index is 0.00847. The van der Waals surface area contributed by atoms with Crippen molar-refractivity contribution < 1.29 is 14.7 Å². The highest BCUT2D eigenvalue weighted by molar-refractivity contribution is 5.97. The maximum Gasteiger partial charge on any atom is 0.335 e. The molecule has 1 aromatic carbocycles. The summed E-state index contributed by atoms with van der Waals surface area (Å²) in [5, 5.41) is 23.2. The van der Waals surface area contributed by atoms with E-state index in [1.807, 2.05) is 19.9 Å². The molecule has 3 N–H and O–H groups in total. The maximum atomic E-state index is 11.6. The minimum Gasteiger partial charge on any atom is -0.478 e. The van der Waals surface area contributed by atoms with Crippen LogP contribution in [0.3, 0.4) is 0 Å². The molecule has 1 rings (SSSR count). The second-order valence-electron chi connectivity index (χ2n) is 4.68. The van der Waals surface area contributed by atoms with Gasteiger partial charge in [-0.25, -0.2) is 4.79 Å².